The van der Waals surface area contributed by atoms with Gasteiger partial charge in [-0.3, -0.25) is 0 Å². The van der Waals surface area contributed by atoms with E-state index in [1.165, 1.54) is 0 Å². The molecule has 0 saturated heterocycles. The van der Waals surface area contributed by atoms with Crippen molar-refractivity contribution in [1.29, 1.82) is 0 Å². The molecular weight excluding hydrogens is 272 g/mol. The number of hydrogen-bond acceptors (Lipinski definition) is 3. The molecule has 1 aromatic rings. The Balaban J connectivity index is 2.69. The Morgan fingerprint density at radius 2 is 1.65 bits per heavy atom. The third-order valence-corrected chi connectivity index (χ3v) is 4.61. The fraction of sp³-hybridized carbons (Fsp3) is 0.600. The molecule has 0 aliphatic rings. The first-order chi connectivity index (χ1) is 9.22. The first-order valence-electron chi connectivity index (χ1n) is 7.07. The van der Waals surface area contributed by atoms with Crippen LogP contribution in [-0.4, -0.2) is 21.0 Å². The normalized spacial score (nSPS) is 13.9. The van der Waals surface area contributed by atoms with Gasteiger partial charge in [0, 0.05) is 12.6 Å². The monoisotopic (exact) mass is 298 g/mol. The number of hydrogen-bond donors (Lipinski definition) is 2. The van der Waals surface area contributed by atoms with E-state index in [4.69, 9.17) is 5.73 Å². The van der Waals surface area contributed by atoms with Crippen molar-refractivity contribution in [1.82, 2.24) is 4.72 Å². The smallest absolute Gasteiger partial charge is 0.240 e. The minimum Gasteiger partial charge on any atom is -0.327 e. The zero-order valence-corrected chi connectivity index (χ0v) is 13.6. The summed E-state index contributed by atoms with van der Waals surface area (Å²) >= 11 is 0. The van der Waals surface area contributed by atoms with E-state index in [9.17, 15) is 8.42 Å². The summed E-state index contributed by atoms with van der Waals surface area (Å²) in [4.78, 5) is 0.290. The summed E-state index contributed by atoms with van der Waals surface area (Å²) in [6.07, 6.45) is 0.800. The molecule has 0 heterocycles. The molecule has 0 bridgehead atoms. The molecule has 1 unspecified atom stereocenters. The molecule has 3 N–H and O–H groups in total. The van der Waals surface area contributed by atoms with Gasteiger partial charge in [0.1, 0.15) is 0 Å². The van der Waals surface area contributed by atoms with Gasteiger partial charge >= 0.3 is 0 Å². The van der Waals surface area contributed by atoms with Crippen LogP contribution in [0.4, 0.5) is 0 Å². The molecule has 5 heteroatoms. The Morgan fingerprint density at radius 3 is 2.10 bits per heavy atom. The Morgan fingerprint density at radius 1 is 1.10 bits per heavy atom. The lowest BCUT2D eigenvalue weighted by atomic mass is 10.0. The molecule has 20 heavy (non-hydrogen) atoms. The molecule has 0 radical (unpaired) electrons. The fourth-order valence-corrected chi connectivity index (χ4v) is 3.12. The van der Waals surface area contributed by atoms with Gasteiger partial charge in [-0.05, 0) is 36.0 Å². The van der Waals surface area contributed by atoms with Crippen LogP contribution in [0.2, 0.25) is 0 Å². The first-order valence-corrected chi connectivity index (χ1v) is 8.56. The number of nitrogens with two attached hydrogens (primary N) is 1. The zero-order chi connectivity index (χ0) is 15.3. The van der Waals surface area contributed by atoms with Gasteiger partial charge in [-0.25, -0.2) is 13.1 Å². The van der Waals surface area contributed by atoms with Crippen molar-refractivity contribution in [3.63, 3.8) is 0 Å². The maximum absolute atomic E-state index is 12.1. The Kier molecular flexibility index (Phi) is 6.17. The molecule has 0 saturated carbocycles. The lowest BCUT2D eigenvalue weighted by Gasteiger charge is -2.15. The van der Waals surface area contributed by atoms with E-state index in [0.717, 1.165) is 12.0 Å². The maximum atomic E-state index is 12.1. The van der Waals surface area contributed by atoms with Gasteiger partial charge in [0.15, 0.2) is 0 Å². The summed E-state index contributed by atoms with van der Waals surface area (Å²) in [6, 6.07) is 6.84. The largest absolute Gasteiger partial charge is 0.327 e. The standard InChI is InChI=1S/C15H26N2O2S/c1-11(2)9-14(16)10-17-20(18,19)15-7-5-13(6-8-15)12(3)4/h5-8,11-12,14,17H,9-10,16H2,1-4H3. The van der Waals surface area contributed by atoms with Crippen molar-refractivity contribution in [3.05, 3.63) is 29.8 Å². The predicted octanol–water partition coefficient (Wildman–Crippen LogP) is 2.46. The fourth-order valence-electron chi connectivity index (χ4n) is 2.02. The summed E-state index contributed by atoms with van der Waals surface area (Å²) in [6.45, 7) is 8.56. The van der Waals surface area contributed by atoms with E-state index in [1.54, 1.807) is 12.1 Å². The van der Waals surface area contributed by atoms with E-state index in [0.29, 0.717) is 16.7 Å². The van der Waals surface area contributed by atoms with Crippen LogP contribution in [-0.2, 0) is 10.0 Å². The molecule has 0 aromatic heterocycles. The van der Waals surface area contributed by atoms with E-state index in [-0.39, 0.29) is 12.6 Å². The Hall–Kier alpha value is -0.910. The average molecular weight is 298 g/mol. The van der Waals surface area contributed by atoms with Crippen LogP contribution < -0.4 is 10.5 Å². The summed E-state index contributed by atoms with van der Waals surface area (Å²) < 4.78 is 26.9. The topological polar surface area (TPSA) is 72.2 Å². The molecule has 0 fully saturated rings. The van der Waals surface area contributed by atoms with E-state index in [1.807, 2.05) is 12.1 Å². The van der Waals surface area contributed by atoms with Crippen molar-refractivity contribution in [3.8, 4) is 0 Å². The highest BCUT2D eigenvalue weighted by atomic mass is 32.2. The summed E-state index contributed by atoms with van der Waals surface area (Å²) in [5.41, 5.74) is 7.02. The van der Waals surface area contributed by atoms with Crippen LogP contribution in [0.5, 0.6) is 0 Å². The Bertz CT molecular complexity index is 507. The van der Waals surface area contributed by atoms with Crippen molar-refractivity contribution >= 4 is 10.0 Å². The van der Waals surface area contributed by atoms with Gasteiger partial charge in [0.25, 0.3) is 0 Å². The number of benzene rings is 1. The second-order valence-corrected chi connectivity index (χ2v) is 7.73. The lowest BCUT2D eigenvalue weighted by molar-refractivity contribution is 0.486. The van der Waals surface area contributed by atoms with Crippen LogP contribution in [0.25, 0.3) is 0 Å². The quantitative estimate of drug-likeness (QED) is 0.812. The van der Waals surface area contributed by atoms with Crippen LogP contribution in [0.15, 0.2) is 29.2 Å². The third kappa shape index (κ3) is 5.23. The summed E-state index contributed by atoms with van der Waals surface area (Å²) in [7, 11) is -3.46. The highest BCUT2D eigenvalue weighted by molar-refractivity contribution is 7.89. The van der Waals surface area contributed by atoms with Gasteiger partial charge in [-0.1, -0.05) is 39.8 Å². The van der Waals surface area contributed by atoms with Crippen LogP contribution in [0, 0.1) is 5.92 Å². The van der Waals surface area contributed by atoms with Crippen molar-refractivity contribution < 1.29 is 8.42 Å². The lowest BCUT2D eigenvalue weighted by Crippen LogP contribution is -2.37. The second kappa shape index (κ2) is 7.20. The first kappa shape index (κ1) is 17.1. The van der Waals surface area contributed by atoms with E-state index >= 15 is 0 Å². The van der Waals surface area contributed by atoms with Crippen molar-refractivity contribution in [2.45, 2.75) is 51.0 Å². The van der Waals surface area contributed by atoms with Gasteiger partial charge < -0.3 is 5.73 Å². The van der Waals surface area contributed by atoms with Gasteiger partial charge in [-0.15, -0.1) is 0 Å². The molecule has 1 atom stereocenters. The molecule has 0 aliphatic heterocycles. The number of nitrogens with one attached hydrogen (secondary N) is 1. The SMILES string of the molecule is CC(C)CC(N)CNS(=O)(=O)c1ccc(C(C)C)cc1. The molecule has 0 aliphatic carbocycles. The summed E-state index contributed by atoms with van der Waals surface area (Å²) in [5, 5.41) is 0. The molecular formula is C15H26N2O2S. The summed E-state index contributed by atoms with van der Waals surface area (Å²) in [5.74, 6) is 0.846. The van der Waals surface area contributed by atoms with Crippen LogP contribution in [0.1, 0.15) is 45.6 Å². The van der Waals surface area contributed by atoms with Crippen molar-refractivity contribution in [2.75, 3.05) is 6.54 Å². The highest BCUT2D eigenvalue weighted by Crippen LogP contribution is 2.17. The average Bonchev–Trinajstić information content (AvgIpc) is 2.36. The minimum atomic E-state index is -3.46. The maximum Gasteiger partial charge on any atom is 0.240 e. The molecule has 0 amide bonds. The van der Waals surface area contributed by atoms with E-state index in [2.05, 4.69) is 32.4 Å². The predicted molar refractivity (Wildman–Crippen MR) is 83.1 cm³/mol. The zero-order valence-electron chi connectivity index (χ0n) is 12.8. The molecule has 0 spiro atoms. The number of sulfonamides is 1. The minimum absolute atomic E-state index is 0.153. The third-order valence-electron chi connectivity index (χ3n) is 3.17. The second-order valence-electron chi connectivity index (χ2n) is 5.97. The van der Waals surface area contributed by atoms with Crippen LogP contribution in [0.3, 0.4) is 0 Å². The number of rotatable bonds is 7. The van der Waals surface area contributed by atoms with E-state index < -0.39 is 10.0 Å². The molecule has 4 nitrogen and oxygen atoms in total. The molecule has 1 rings (SSSR count). The van der Waals surface area contributed by atoms with Crippen LogP contribution >= 0.6 is 0 Å². The van der Waals surface area contributed by atoms with Crippen molar-refractivity contribution in [2.24, 2.45) is 11.7 Å². The van der Waals surface area contributed by atoms with Gasteiger partial charge in [0.2, 0.25) is 10.0 Å². The highest BCUT2D eigenvalue weighted by Gasteiger charge is 2.16. The van der Waals surface area contributed by atoms with Gasteiger partial charge in [-0.2, -0.15) is 0 Å². The molecule has 1 aromatic carbocycles. The Labute approximate surface area is 122 Å². The molecule has 114 valence electrons. The van der Waals surface area contributed by atoms with Gasteiger partial charge in [0.05, 0.1) is 4.90 Å².